The van der Waals surface area contributed by atoms with Crippen LogP contribution in [0.1, 0.15) is 47.1 Å². The molecule has 1 fully saturated rings. The fourth-order valence-electron chi connectivity index (χ4n) is 4.67. The summed E-state index contributed by atoms with van der Waals surface area (Å²) in [7, 11) is 0. The molecule has 1 aromatic carbocycles. The van der Waals surface area contributed by atoms with Crippen LogP contribution in [0.25, 0.3) is 5.76 Å². The minimum absolute atomic E-state index is 0. The van der Waals surface area contributed by atoms with E-state index in [-0.39, 0.29) is 62.1 Å². The predicted molar refractivity (Wildman–Crippen MR) is 116 cm³/mol. The molecule has 2 aliphatic carbocycles. The second kappa shape index (κ2) is 9.40. The Morgan fingerprint density at radius 1 is 1.19 bits per heavy atom. The summed E-state index contributed by atoms with van der Waals surface area (Å²) in [6.07, 6.45) is 0.618. The van der Waals surface area contributed by atoms with Crippen molar-refractivity contribution in [1.29, 1.82) is 0 Å². The van der Waals surface area contributed by atoms with Crippen LogP contribution in [-0.4, -0.2) is 50.7 Å². The Kier molecular flexibility index (Phi) is 7.35. The van der Waals surface area contributed by atoms with Gasteiger partial charge in [0.1, 0.15) is 17.3 Å². The molecule has 1 saturated carbocycles. The van der Waals surface area contributed by atoms with E-state index in [0.29, 0.717) is 18.4 Å². The maximum absolute atomic E-state index is 13.3. The number of hydrogen-bond acceptors (Lipinski definition) is 7. The second-order valence-corrected chi connectivity index (χ2v) is 8.04. The van der Waals surface area contributed by atoms with Crippen LogP contribution in [0.5, 0.6) is 5.75 Å². The van der Waals surface area contributed by atoms with Crippen LogP contribution in [0.3, 0.4) is 0 Å². The number of carbonyl (C=O) groups excluding carboxylic acids is 4. The summed E-state index contributed by atoms with van der Waals surface area (Å²) in [4.78, 5) is 48.7. The van der Waals surface area contributed by atoms with Gasteiger partial charge in [0.05, 0.1) is 23.6 Å². The van der Waals surface area contributed by atoms with Crippen LogP contribution in [0.15, 0.2) is 17.7 Å². The Hall–Kier alpha value is -3.04. The Labute approximate surface area is 182 Å². The molecule has 0 heterocycles. The van der Waals surface area contributed by atoms with E-state index in [0.717, 1.165) is 0 Å². The number of hydrogen-bond donors (Lipinski definition) is 4. The van der Waals surface area contributed by atoms with Gasteiger partial charge in [-0.3, -0.25) is 19.2 Å². The van der Waals surface area contributed by atoms with Gasteiger partial charge in [0, 0.05) is 22.0 Å². The number of anilines is 1. The standard InChI is InChI=1S/C22H25NO7.H2O.2H2/c1-10(25)7-16(27)17-13(5-6-24)9-14-8-12-3-4-15(23-11(2)26)20(28)18(12)22(30)19(14)21(17)29;;;/h3-4,13-14,17,24,28,30H,5-9H2,1-2H3,(H,23,26);1H2;2*1H. The van der Waals surface area contributed by atoms with E-state index >= 15 is 0 Å². The van der Waals surface area contributed by atoms with E-state index < -0.39 is 35.1 Å². The van der Waals surface area contributed by atoms with E-state index in [1.807, 2.05) is 0 Å². The zero-order valence-corrected chi connectivity index (χ0v) is 17.4. The summed E-state index contributed by atoms with van der Waals surface area (Å²) in [5.41, 5.74) is 0.863. The summed E-state index contributed by atoms with van der Waals surface area (Å²) >= 11 is 0. The van der Waals surface area contributed by atoms with Crippen LogP contribution >= 0.6 is 0 Å². The molecule has 0 aliphatic heterocycles. The Morgan fingerprint density at radius 2 is 1.87 bits per heavy atom. The van der Waals surface area contributed by atoms with Crippen molar-refractivity contribution < 1.29 is 42.8 Å². The Morgan fingerprint density at radius 3 is 2.45 bits per heavy atom. The number of benzene rings is 1. The summed E-state index contributed by atoms with van der Waals surface area (Å²) in [5, 5.41) is 33.4. The minimum Gasteiger partial charge on any atom is -0.507 e. The molecule has 2 aliphatic rings. The highest BCUT2D eigenvalue weighted by Gasteiger charge is 2.47. The number of carbonyl (C=O) groups is 4. The van der Waals surface area contributed by atoms with Gasteiger partial charge in [-0.25, -0.2) is 0 Å². The smallest absolute Gasteiger partial charge is 0.221 e. The molecule has 0 saturated heterocycles. The van der Waals surface area contributed by atoms with Gasteiger partial charge < -0.3 is 26.1 Å². The molecular formula is C22H31NO8. The molecule has 3 unspecified atom stereocenters. The number of aliphatic hydroxyl groups excluding tert-OH is 2. The highest BCUT2D eigenvalue weighted by molar-refractivity contribution is 6.17. The molecule has 31 heavy (non-hydrogen) atoms. The lowest BCUT2D eigenvalue weighted by Gasteiger charge is -2.39. The first kappa shape index (κ1) is 24.2. The number of aromatic hydroxyl groups is 1. The first-order chi connectivity index (χ1) is 14.1. The van der Waals surface area contributed by atoms with Crippen molar-refractivity contribution in [1.82, 2.24) is 0 Å². The first-order valence-electron chi connectivity index (χ1n) is 9.88. The summed E-state index contributed by atoms with van der Waals surface area (Å²) in [6, 6.07) is 3.20. The summed E-state index contributed by atoms with van der Waals surface area (Å²) < 4.78 is 0. The van der Waals surface area contributed by atoms with Crippen molar-refractivity contribution in [2.45, 2.75) is 39.5 Å². The average Bonchev–Trinajstić information content (AvgIpc) is 2.63. The SMILES string of the molecule is CC(=O)CC(=O)C1C(=O)C2=C(O)c3c(ccc(NC(C)=O)c3O)CC2CC1CCO.O.[HH].[HH]. The zero-order valence-electron chi connectivity index (χ0n) is 17.4. The maximum Gasteiger partial charge on any atom is 0.221 e. The molecule has 0 bridgehead atoms. The third-order valence-corrected chi connectivity index (χ3v) is 5.82. The average molecular weight is 437 g/mol. The summed E-state index contributed by atoms with van der Waals surface area (Å²) in [6.45, 7) is 2.35. The number of fused-ring (bicyclic) bond motifs is 2. The van der Waals surface area contributed by atoms with Crippen LogP contribution in [0.4, 0.5) is 5.69 Å². The van der Waals surface area contributed by atoms with Gasteiger partial charge in [-0.05, 0) is 49.7 Å². The quantitative estimate of drug-likeness (QED) is 0.386. The molecule has 172 valence electrons. The van der Waals surface area contributed by atoms with E-state index in [1.54, 1.807) is 6.07 Å². The number of rotatable bonds is 6. The van der Waals surface area contributed by atoms with Gasteiger partial charge in [-0.1, -0.05) is 6.07 Å². The van der Waals surface area contributed by atoms with Gasteiger partial charge in [-0.2, -0.15) is 0 Å². The number of Topliss-reactive ketones (excluding diaryl/α,β-unsaturated/α-hetero) is 3. The number of amides is 1. The molecule has 6 N–H and O–H groups in total. The highest BCUT2D eigenvalue weighted by Crippen LogP contribution is 2.48. The van der Waals surface area contributed by atoms with Gasteiger partial charge in [0.2, 0.25) is 5.91 Å². The number of allylic oxidation sites excluding steroid dienone is 1. The lowest BCUT2D eigenvalue weighted by atomic mass is 9.63. The second-order valence-electron chi connectivity index (χ2n) is 8.04. The van der Waals surface area contributed by atoms with E-state index in [1.165, 1.54) is 19.9 Å². The van der Waals surface area contributed by atoms with Crippen LogP contribution in [-0.2, 0) is 25.6 Å². The Balaban J connectivity index is 0.00000341. The van der Waals surface area contributed by atoms with Crippen LogP contribution in [0, 0.1) is 17.8 Å². The fraction of sp³-hybridized carbons (Fsp3) is 0.455. The van der Waals surface area contributed by atoms with E-state index in [2.05, 4.69) is 5.32 Å². The number of aliphatic hydroxyl groups is 2. The highest BCUT2D eigenvalue weighted by atomic mass is 16.3. The molecule has 0 aromatic heterocycles. The van der Waals surface area contributed by atoms with Gasteiger partial charge in [0.25, 0.3) is 0 Å². The molecule has 3 atom stereocenters. The topological polar surface area (TPSA) is 172 Å². The largest absolute Gasteiger partial charge is 0.507 e. The lowest BCUT2D eigenvalue weighted by Crippen LogP contribution is -2.43. The van der Waals surface area contributed by atoms with Gasteiger partial charge >= 0.3 is 0 Å². The van der Waals surface area contributed by atoms with Crippen molar-refractivity contribution in [3.8, 4) is 5.75 Å². The maximum atomic E-state index is 13.3. The fourth-order valence-corrected chi connectivity index (χ4v) is 4.67. The molecule has 0 spiro atoms. The molecule has 9 nitrogen and oxygen atoms in total. The predicted octanol–water partition coefficient (Wildman–Crippen LogP) is 1.60. The van der Waals surface area contributed by atoms with Crippen LogP contribution in [0.2, 0.25) is 0 Å². The zero-order chi connectivity index (χ0) is 22.2. The minimum atomic E-state index is -1.11. The summed E-state index contributed by atoms with van der Waals surface area (Å²) in [5.74, 6) is -4.50. The van der Waals surface area contributed by atoms with Gasteiger partial charge in [-0.15, -0.1) is 0 Å². The van der Waals surface area contributed by atoms with E-state index in [9.17, 15) is 34.5 Å². The molecular weight excluding hydrogens is 406 g/mol. The number of nitrogens with one attached hydrogen (secondary N) is 1. The lowest BCUT2D eigenvalue weighted by molar-refractivity contribution is -0.137. The van der Waals surface area contributed by atoms with Crippen molar-refractivity contribution in [3.05, 3.63) is 28.8 Å². The monoisotopic (exact) mass is 437 g/mol. The third-order valence-electron chi connectivity index (χ3n) is 5.82. The normalized spacial score (nSPS) is 22.2. The van der Waals surface area contributed by atoms with Crippen molar-refractivity contribution in [2.75, 3.05) is 11.9 Å². The molecule has 9 heteroatoms. The number of ketones is 3. The van der Waals surface area contributed by atoms with Crippen LogP contribution < -0.4 is 5.32 Å². The molecule has 0 radical (unpaired) electrons. The number of phenolic OH excluding ortho intramolecular Hbond substituents is 1. The van der Waals surface area contributed by atoms with Gasteiger partial charge in [0.15, 0.2) is 11.6 Å². The van der Waals surface area contributed by atoms with Crippen molar-refractivity contribution in [2.24, 2.45) is 17.8 Å². The van der Waals surface area contributed by atoms with Crippen molar-refractivity contribution in [3.63, 3.8) is 0 Å². The van der Waals surface area contributed by atoms with E-state index in [4.69, 9.17) is 0 Å². The molecule has 1 aromatic rings. The Bertz CT molecular complexity index is 975. The number of phenols is 1. The van der Waals surface area contributed by atoms with Crippen molar-refractivity contribution >= 4 is 34.7 Å². The first-order valence-corrected chi connectivity index (χ1v) is 9.88. The molecule has 1 amide bonds. The third kappa shape index (κ3) is 4.52. The molecule has 3 rings (SSSR count).